The van der Waals surface area contributed by atoms with Gasteiger partial charge in [-0.2, -0.15) is 0 Å². The third-order valence-corrected chi connectivity index (χ3v) is 2.90. The minimum atomic E-state index is 0.110. The van der Waals surface area contributed by atoms with Crippen LogP contribution in [0.5, 0.6) is 11.5 Å². The minimum Gasteiger partial charge on any atom is -0.493 e. The summed E-state index contributed by atoms with van der Waals surface area (Å²) in [5, 5.41) is 0. The Labute approximate surface area is 117 Å². The van der Waals surface area contributed by atoms with Crippen molar-refractivity contribution in [2.24, 2.45) is 5.73 Å². The molecule has 0 spiro atoms. The van der Waals surface area contributed by atoms with Crippen LogP contribution in [-0.2, 0) is 6.42 Å². The smallest absolute Gasteiger partial charge is 0.176 e. The number of rotatable bonds is 5. The van der Waals surface area contributed by atoms with E-state index in [4.69, 9.17) is 15.2 Å². The van der Waals surface area contributed by atoms with Crippen LogP contribution >= 0.6 is 15.9 Å². The Bertz CT molecular complexity index is 461. The van der Waals surface area contributed by atoms with Crippen LogP contribution in [0.15, 0.2) is 16.6 Å². The van der Waals surface area contributed by atoms with Crippen LogP contribution in [0.3, 0.4) is 0 Å². The van der Waals surface area contributed by atoms with Gasteiger partial charge in [-0.3, -0.25) is 0 Å². The molecule has 0 aliphatic heterocycles. The Balaban J connectivity index is 2.98. The van der Waals surface area contributed by atoms with Gasteiger partial charge in [-0.1, -0.05) is 5.92 Å². The Hall–Kier alpha value is -1.18. The van der Waals surface area contributed by atoms with Crippen molar-refractivity contribution in [1.82, 2.24) is 0 Å². The van der Waals surface area contributed by atoms with Gasteiger partial charge in [0.05, 0.1) is 11.6 Å². The molecule has 0 aliphatic rings. The van der Waals surface area contributed by atoms with E-state index in [1.165, 1.54) is 0 Å². The molecule has 0 aliphatic carbocycles. The van der Waals surface area contributed by atoms with Crippen molar-refractivity contribution in [3.05, 3.63) is 22.2 Å². The Kier molecular flexibility index (Phi) is 6.03. The van der Waals surface area contributed by atoms with Crippen LogP contribution in [-0.4, -0.2) is 19.8 Å². The highest BCUT2D eigenvalue weighted by Crippen LogP contribution is 2.36. The molecule has 1 unspecified atom stereocenters. The van der Waals surface area contributed by atoms with Gasteiger partial charge in [0.15, 0.2) is 11.5 Å². The van der Waals surface area contributed by atoms with Gasteiger partial charge in [0.2, 0.25) is 0 Å². The first-order valence-electron chi connectivity index (χ1n) is 5.72. The van der Waals surface area contributed by atoms with E-state index >= 15 is 0 Å². The third-order valence-electron chi connectivity index (χ3n) is 2.31. The first-order valence-corrected chi connectivity index (χ1v) is 6.52. The fraction of sp³-hybridized carbons (Fsp3) is 0.429. The number of nitrogens with two attached hydrogens (primary N) is 1. The first kappa shape index (κ1) is 14.9. The molecular formula is C14H18BrNO2. The van der Waals surface area contributed by atoms with Gasteiger partial charge in [-0.05, 0) is 53.9 Å². The maximum absolute atomic E-state index is 5.80. The second-order valence-corrected chi connectivity index (χ2v) is 4.86. The molecule has 0 saturated carbocycles. The first-order chi connectivity index (χ1) is 8.58. The van der Waals surface area contributed by atoms with Gasteiger partial charge in [-0.15, -0.1) is 5.92 Å². The summed E-state index contributed by atoms with van der Waals surface area (Å²) in [6.45, 7) is 4.10. The zero-order chi connectivity index (χ0) is 13.5. The number of hydrogen-bond acceptors (Lipinski definition) is 3. The largest absolute Gasteiger partial charge is 0.493 e. The molecule has 0 saturated heterocycles. The van der Waals surface area contributed by atoms with Crippen LogP contribution in [0.2, 0.25) is 0 Å². The van der Waals surface area contributed by atoms with E-state index in [0.29, 0.717) is 18.1 Å². The van der Waals surface area contributed by atoms with E-state index in [-0.39, 0.29) is 6.04 Å². The fourth-order valence-corrected chi connectivity index (χ4v) is 2.19. The highest BCUT2D eigenvalue weighted by Gasteiger charge is 2.12. The van der Waals surface area contributed by atoms with Crippen molar-refractivity contribution < 1.29 is 9.47 Å². The van der Waals surface area contributed by atoms with Crippen molar-refractivity contribution in [3.8, 4) is 23.3 Å². The van der Waals surface area contributed by atoms with Gasteiger partial charge >= 0.3 is 0 Å². The van der Waals surface area contributed by atoms with E-state index in [1.807, 2.05) is 19.1 Å². The van der Waals surface area contributed by atoms with E-state index < -0.39 is 0 Å². The molecule has 0 bridgehead atoms. The number of methoxy groups -OCH3 is 1. The lowest BCUT2D eigenvalue weighted by molar-refractivity contribution is 0.328. The van der Waals surface area contributed by atoms with Gasteiger partial charge in [0, 0.05) is 6.04 Å². The molecule has 0 aromatic heterocycles. The summed E-state index contributed by atoms with van der Waals surface area (Å²) < 4.78 is 11.8. The summed E-state index contributed by atoms with van der Waals surface area (Å²) in [5.41, 5.74) is 6.91. The fourth-order valence-electron chi connectivity index (χ4n) is 1.58. The van der Waals surface area contributed by atoms with E-state index in [2.05, 4.69) is 27.8 Å². The molecule has 3 nitrogen and oxygen atoms in total. The molecule has 0 radical (unpaired) electrons. The lowest BCUT2D eigenvalue weighted by atomic mass is 10.1. The number of hydrogen-bond donors (Lipinski definition) is 1. The monoisotopic (exact) mass is 311 g/mol. The van der Waals surface area contributed by atoms with Crippen LogP contribution < -0.4 is 15.2 Å². The lowest BCUT2D eigenvalue weighted by Gasteiger charge is -2.14. The second-order valence-electron chi connectivity index (χ2n) is 4.01. The van der Waals surface area contributed by atoms with Crippen LogP contribution in [0, 0.1) is 11.8 Å². The van der Waals surface area contributed by atoms with Crippen LogP contribution in [0.1, 0.15) is 19.4 Å². The summed E-state index contributed by atoms with van der Waals surface area (Å²) in [5.74, 6) is 7.01. The number of benzene rings is 1. The average Bonchev–Trinajstić information content (AvgIpc) is 2.30. The minimum absolute atomic E-state index is 0.110. The predicted octanol–water partition coefficient (Wildman–Crippen LogP) is 2.75. The molecule has 0 fully saturated rings. The zero-order valence-electron chi connectivity index (χ0n) is 10.9. The molecular weight excluding hydrogens is 294 g/mol. The second kappa shape index (κ2) is 7.30. The van der Waals surface area contributed by atoms with Crippen molar-refractivity contribution in [1.29, 1.82) is 0 Å². The highest BCUT2D eigenvalue weighted by atomic mass is 79.9. The van der Waals surface area contributed by atoms with Crippen molar-refractivity contribution in [2.45, 2.75) is 26.3 Å². The molecule has 1 aromatic carbocycles. The van der Waals surface area contributed by atoms with Gasteiger partial charge in [0.25, 0.3) is 0 Å². The van der Waals surface area contributed by atoms with Crippen LogP contribution in [0.25, 0.3) is 0 Å². The lowest BCUT2D eigenvalue weighted by Crippen LogP contribution is -2.17. The quantitative estimate of drug-likeness (QED) is 0.850. The molecule has 1 aromatic rings. The molecule has 1 atom stereocenters. The Morgan fingerprint density at radius 3 is 2.72 bits per heavy atom. The Morgan fingerprint density at radius 1 is 1.44 bits per heavy atom. The normalized spacial score (nSPS) is 11.4. The molecule has 98 valence electrons. The topological polar surface area (TPSA) is 44.5 Å². The van der Waals surface area contributed by atoms with Gasteiger partial charge < -0.3 is 15.2 Å². The molecule has 0 amide bonds. The SMILES string of the molecule is CC#CCOc1c(Br)cc(CC(C)N)cc1OC. The van der Waals surface area contributed by atoms with Gasteiger partial charge in [0.1, 0.15) is 6.61 Å². The third kappa shape index (κ3) is 4.25. The summed E-state index contributed by atoms with van der Waals surface area (Å²) in [6.07, 6.45) is 0.796. The zero-order valence-corrected chi connectivity index (χ0v) is 12.5. The van der Waals surface area contributed by atoms with Gasteiger partial charge in [-0.25, -0.2) is 0 Å². The number of halogens is 1. The van der Waals surface area contributed by atoms with Crippen molar-refractivity contribution in [3.63, 3.8) is 0 Å². The van der Waals surface area contributed by atoms with Crippen molar-refractivity contribution in [2.75, 3.05) is 13.7 Å². The summed E-state index contributed by atoms with van der Waals surface area (Å²) in [7, 11) is 1.62. The highest BCUT2D eigenvalue weighted by molar-refractivity contribution is 9.10. The summed E-state index contributed by atoms with van der Waals surface area (Å²) in [4.78, 5) is 0. The Morgan fingerprint density at radius 2 is 2.17 bits per heavy atom. The summed E-state index contributed by atoms with van der Waals surface area (Å²) >= 11 is 3.49. The molecule has 1 rings (SSSR count). The molecule has 4 heteroatoms. The van der Waals surface area contributed by atoms with E-state index in [9.17, 15) is 0 Å². The standard InChI is InChI=1S/C14H18BrNO2/c1-4-5-6-18-14-12(15)8-11(7-10(2)16)9-13(14)17-3/h8-10H,6-7,16H2,1-3H3. The average molecular weight is 312 g/mol. The summed E-state index contributed by atoms with van der Waals surface area (Å²) in [6, 6.07) is 4.06. The molecule has 0 heterocycles. The molecule has 2 N–H and O–H groups in total. The van der Waals surface area contributed by atoms with E-state index in [0.717, 1.165) is 16.5 Å². The maximum atomic E-state index is 5.80. The van der Waals surface area contributed by atoms with E-state index in [1.54, 1.807) is 14.0 Å². The predicted molar refractivity (Wildman–Crippen MR) is 77.0 cm³/mol. The molecule has 18 heavy (non-hydrogen) atoms. The number of ether oxygens (including phenoxy) is 2. The van der Waals surface area contributed by atoms with Crippen LogP contribution in [0.4, 0.5) is 0 Å². The van der Waals surface area contributed by atoms with Crippen molar-refractivity contribution >= 4 is 15.9 Å². The maximum Gasteiger partial charge on any atom is 0.176 e.